The van der Waals surface area contributed by atoms with Gasteiger partial charge in [-0.05, 0) is 44.1 Å². The van der Waals surface area contributed by atoms with Crippen LogP contribution < -0.4 is 5.32 Å². The van der Waals surface area contributed by atoms with Crippen LogP contribution in [0.25, 0.3) is 0 Å². The van der Waals surface area contributed by atoms with Gasteiger partial charge in [-0.15, -0.1) is 0 Å². The number of aromatic carboxylic acids is 1. The van der Waals surface area contributed by atoms with Crippen LogP contribution in [0.3, 0.4) is 0 Å². The largest absolute Gasteiger partial charge is 0.478 e. The molecule has 2 rings (SSSR count). The molecule has 1 unspecified atom stereocenters. The number of likely N-dealkylation sites (tertiary alicyclic amines) is 1. The summed E-state index contributed by atoms with van der Waals surface area (Å²) in [4.78, 5) is 13.3. The van der Waals surface area contributed by atoms with Crippen molar-refractivity contribution in [3.63, 3.8) is 0 Å². The molecule has 1 aromatic carbocycles. The van der Waals surface area contributed by atoms with Crippen LogP contribution in [0.1, 0.15) is 22.3 Å². The van der Waals surface area contributed by atoms with Crippen molar-refractivity contribution >= 4 is 11.7 Å². The molecule has 0 amide bonds. The van der Waals surface area contributed by atoms with Crippen molar-refractivity contribution in [2.45, 2.75) is 12.6 Å². The SMILES string of the molecule is CN1CCC(CNc2ccc(C(F)(F)F)cc2C(=O)O)C1. The molecule has 1 saturated heterocycles. The van der Waals surface area contributed by atoms with Gasteiger partial charge >= 0.3 is 12.1 Å². The lowest BCUT2D eigenvalue weighted by Crippen LogP contribution is -2.20. The molecule has 1 fully saturated rings. The summed E-state index contributed by atoms with van der Waals surface area (Å²) in [6.45, 7) is 2.43. The van der Waals surface area contributed by atoms with Crippen LogP contribution in [0.4, 0.5) is 18.9 Å². The molecule has 0 spiro atoms. The fourth-order valence-electron chi connectivity index (χ4n) is 2.50. The van der Waals surface area contributed by atoms with Crippen LogP contribution in [0.2, 0.25) is 0 Å². The van der Waals surface area contributed by atoms with Gasteiger partial charge in [0.1, 0.15) is 0 Å². The quantitative estimate of drug-likeness (QED) is 0.898. The zero-order valence-electron chi connectivity index (χ0n) is 11.6. The third-order valence-corrected chi connectivity index (χ3v) is 3.65. The lowest BCUT2D eigenvalue weighted by Gasteiger charge is -2.16. The Hall–Kier alpha value is -1.76. The molecule has 0 saturated carbocycles. The van der Waals surface area contributed by atoms with Crippen molar-refractivity contribution in [3.05, 3.63) is 29.3 Å². The van der Waals surface area contributed by atoms with Gasteiger partial charge in [0.15, 0.2) is 0 Å². The first-order chi connectivity index (χ1) is 9.77. The van der Waals surface area contributed by atoms with Crippen molar-refractivity contribution in [1.29, 1.82) is 0 Å². The molecule has 1 atom stereocenters. The van der Waals surface area contributed by atoms with Crippen molar-refractivity contribution in [1.82, 2.24) is 4.90 Å². The standard InChI is InChI=1S/C14H17F3N2O2/c1-19-5-4-9(8-19)7-18-12-3-2-10(14(15,16)17)6-11(12)13(20)21/h2-3,6,9,18H,4-5,7-8H2,1H3,(H,20,21). The molecule has 116 valence electrons. The highest BCUT2D eigenvalue weighted by Crippen LogP contribution is 2.32. The van der Waals surface area contributed by atoms with Crippen LogP contribution in [-0.2, 0) is 6.18 Å². The maximum absolute atomic E-state index is 12.6. The highest BCUT2D eigenvalue weighted by atomic mass is 19.4. The van der Waals surface area contributed by atoms with E-state index in [1.54, 1.807) is 0 Å². The van der Waals surface area contributed by atoms with Crippen LogP contribution >= 0.6 is 0 Å². The Morgan fingerprint density at radius 3 is 2.71 bits per heavy atom. The normalized spacial score (nSPS) is 19.7. The minimum Gasteiger partial charge on any atom is -0.478 e. The molecule has 1 aliphatic rings. The molecule has 1 aromatic rings. The molecule has 7 heteroatoms. The summed E-state index contributed by atoms with van der Waals surface area (Å²) in [6, 6.07) is 2.76. The zero-order valence-corrected chi connectivity index (χ0v) is 11.6. The van der Waals surface area contributed by atoms with E-state index in [-0.39, 0.29) is 11.3 Å². The third-order valence-electron chi connectivity index (χ3n) is 3.65. The lowest BCUT2D eigenvalue weighted by atomic mass is 10.1. The van der Waals surface area contributed by atoms with Gasteiger partial charge in [0.2, 0.25) is 0 Å². The number of carboxylic acids is 1. The van der Waals surface area contributed by atoms with Gasteiger partial charge < -0.3 is 15.3 Å². The molecular formula is C14H17F3N2O2. The fraction of sp³-hybridized carbons (Fsp3) is 0.500. The molecular weight excluding hydrogens is 285 g/mol. The molecule has 0 aliphatic carbocycles. The second-order valence-electron chi connectivity index (χ2n) is 5.36. The summed E-state index contributed by atoms with van der Waals surface area (Å²) < 4.78 is 37.9. The number of hydrogen-bond donors (Lipinski definition) is 2. The first kappa shape index (κ1) is 15.6. The summed E-state index contributed by atoms with van der Waals surface area (Å²) in [5, 5.41) is 12.0. The number of rotatable bonds is 4. The second-order valence-corrected chi connectivity index (χ2v) is 5.36. The van der Waals surface area contributed by atoms with Crippen molar-refractivity contribution in [3.8, 4) is 0 Å². The monoisotopic (exact) mass is 302 g/mol. The fourth-order valence-corrected chi connectivity index (χ4v) is 2.50. The molecule has 1 aliphatic heterocycles. The van der Waals surface area contributed by atoms with E-state index in [4.69, 9.17) is 5.11 Å². The maximum atomic E-state index is 12.6. The van der Waals surface area contributed by atoms with Gasteiger partial charge in [-0.25, -0.2) is 4.79 Å². The highest BCUT2D eigenvalue weighted by molar-refractivity contribution is 5.94. The minimum atomic E-state index is -4.54. The highest BCUT2D eigenvalue weighted by Gasteiger charge is 2.32. The van der Waals surface area contributed by atoms with E-state index in [1.807, 2.05) is 7.05 Å². The molecule has 0 radical (unpaired) electrons. The molecule has 0 aromatic heterocycles. The molecule has 4 nitrogen and oxygen atoms in total. The maximum Gasteiger partial charge on any atom is 0.416 e. The number of halogens is 3. The lowest BCUT2D eigenvalue weighted by molar-refractivity contribution is -0.137. The van der Waals surface area contributed by atoms with E-state index >= 15 is 0 Å². The van der Waals surface area contributed by atoms with Crippen molar-refractivity contribution in [2.75, 3.05) is 32.0 Å². The third kappa shape index (κ3) is 3.87. The van der Waals surface area contributed by atoms with E-state index < -0.39 is 17.7 Å². The van der Waals surface area contributed by atoms with E-state index in [9.17, 15) is 18.0 Å². The molecule has 2 N–H and O–H groups in total. The summed E-state index contributed by atoms with van der Waals surface area (Å²) in [7, 11) is 2.00. The number of hydrogen-bond acceptors (Lipinski definition) is 3. The van der Waals surface area contributed by atoms with Crippen LogP contribution in [0.5, 0.6) is 0 Å². The summed E-state index contributed by atoms with van der Waals surface area (Å²) in [5.74, 6) is -0.994. The topological polar surface area (TPSA) is 52.6 Å². The van der Waals surface area contributed by atoms with Gasteiger partial charge in [0.25, 0.3) is 0 Å². The Kier molecular flexibility index (Phi) is 4.41. The summed E-state index contributed by atoms with van der Waals surface area (Å²) >= 11 is 0. The first-order valence-electron chi connectivity index (χ1n) is 6.64. The number of benzene rings is 1. The number of anilines is 1. The molecule has 1 heterocycles. The average Bonchev–Trinajstić information content (AvgIpc) is 2.80. The van der Waals surface area contributed by atoms with Gasteiger partial charge in [-0.2, -0.15) is 13.2 Å². The number of carboxylic acid groups (broad SMARTS) is 1. The Morgan fingerprint density at radius 2 is 2.19 bits per heavy atom. The summed E-state index contributed by atoms with van der Waals surface area (Å²) in [5.41, 5.74) is -1.08. The summed E-state index contributed by atoms with van der Waals surface area (Å²) in [6.07, 6.45) is -3.55. The van der Waals surface area contributed by atoms with Crippen LogP contribution in [0, 0.1) is 5.92 Å². The minimum absolute atomic E-state index is 0.227. The predicted octanol–water partition coefficient (Wildman–Crippen LogP) is 2.77. The number of nitrogens with zero attached hydrogens (tertiary/aromatic N) is 1. The van der Waals surface area contributed by atoms with Gasteiger partial charge in [-0.1, -0.05) is 0 Å². The smallest absolute Gasteiger partial charge is 0.416 e. The van der Waals surface area contributed by atoms with Gasteiger partial charge in [0, 0.05) is 18.8 Å². The molecule has 21 heavy (non-hydrogen) atoms. The van der Waals surface area contributed by atoms with Crippen LogP contribution in [0.15, 0.2) is 18.2 Å². The van der Waals surface area contributed by atoms with Gasteiger partial charge in [0.05, 0.1) is 11.1 Å². The Morgan fingerprint density at radius 1 is 1.48 bits per heavy atom. The van der Waals surface area contributed by atoms with Crippen molar-refractivity contribution in [2.24, 2.45) is 5.92 Å². The van der Waals surface area contributed by atoms with E-state index in [1.165, 1.54) is 6.07 Å². The van der Waals surface area contributed by atoms with Crippen LogP contribution in [-0.4, -0.2) is 42.7 Å². The van der Waals surface area contributed by atoms with Gasteiger partial charge in [-0.3, -0.25) is 0 Å². The van der Waals surface area contributed by atoms with E-state index in [2.05, 4.69) is 10.2 Å². The van der Waals surface area contributed by atoms with E-state index in [0.29, 0.717) is 18.5 Å². The second kappa shape index (κ2) is 5.93. The Bertz CT molecular complexity index is 531. The number of alkyl halides is 3. The Balaban J connectivity index is 2.13. The molecule has 0 bridgehead atoms. The first-order valence-corrected chi connectivity index (χ1v) is 6.64. The zero-order chi connectivity index (χ0) is 15.6. The van der Waals surface area contributed by atoms with Crippen molar-refractivity contribution < 1.29 is 23.1 Å². The average molecular weight is 302 g/mol. The Labute approximate surface area is 120 Å². The predicted molar refractivity (Wildman–Crippen MR) is 72.5 cm³/mol. The number of nitrogens with one attached hydrogen (secondary N) is 1. The number of carbonyl (C=O) groups is 1. The van der Waals surface area contributed by atoms with E-state index in [0.717, 1.165) is 25.6 Å².